The number of rotatable bonds is 2. The molecule has 1 aromatic carbocycles. The Balaban J connectivity index is 1.82. The third kappa shape index (κ3) is 2.26. The highest BCUT2D eigenvalue weighted by Gasteiger charge is 2.48. The smallest absolute Gasteiger partial charge is 0.294 e. The molecule has 2 fully saturated rings. The van der Waals surface area contributed by atoms with E-state index in [-0.39, 0.29) is 17.3 Å². The van der Waals surface area contributed by atoms with E-state index in [1.165, 1.54) is 0 Å². The number of carbonyl (C=O) groups excluding carboxylic acids is 1. The normalized spacial score (nSPS) is 29.2. The topological polar surface area (TPSA) is 17.1 Å². The van der Waals surface area contributed by atoms with Gasteiger partial charge in [0.15, 0.2) is 5.78 Å². The molecule has 2 unspecified atom stereocenters. The summed E-state index contributed by atoms with van der Waals surface area (Å²) in [7, 11) is 0. The van der Waals surface area contributed by atoms with E-state index in [0.29, 0.717) is 17.9 Å². The Bertz CT molecular complexity index is 525. The molecule has 5 heteroatoms. The van der Waals surface area contributed by atoms with Gasteiger partial charge in [-0.05, 0) is 43.2 Å². The van der Waals surface area contributed by atoms with Gasteiger partial charge in [0.2, 0.25) is 0 Å². The first-order valence-electron chi connectivity index (χ1n) is 6.27. The zero-order valence-electron chi connectivity index (χ0n) is 10.0. The van der Waals surface area contributed by atoms with Crippen LogP contribution in [0.5, 0.6) is 0 Å². The molecule has 2 saturated carbocycles. The molecule has 0 radical (unpaired) electrons. The van der Waals surface area contributed by atoms with Crippen molar-refractivity contribution >= 4 is 5.78 Å². The van der Waals surface area contributed by atoms with E-state index in [1.807, 2.05) is 0 Å². The van der Waals surface area contributed by atoms with Crippen molar-refractivity contribution in [3.63, 3.8) is 0 Å². The van der Waals surface area contributed by atoms with Gasteiger partial charge in [-0.3, -0.25) is 4.79 Å². The Labute approximate surface area is 107 Å². The lowest BCUT2D eigenvalue weighted by Crippen LogP contribution is -2.15. The highest BCUT2D eigenvalue weighted by molar-refractivity contribution is 5.98. The molecule has 2 atom stereocenters. The van der Waals surface area contributed by atoms with Crippen molar-refractivity contribution in [3.05, 3.63) is 35.1 Å². The number of benzene rings is 1. The number of hydrogen-bond acceptors (Lipinski definition) is 1. The van der Waals surface area contributed by atoms with Crippen molar-refractivity contribution in [2.24, 2.45) is 17.8 Å². The van der Waals surface area contributed by atoms with Gasteiger partial charge in [0, 0.05) is 11.5 Å². The van der Waals surface area contributed by atoms with Gasteiger partial charge in [0.1, 0.15) is 5.82 Å². The highest BCUT2D eigenvalue weighted by Crippen LogP contribution is 2.55. The highest BCUT2D eigenvalue weighted by atomic mass is 19.4. The van der Waals surface area contributed by atoms with Crippen LogP contribution < -0.4 is 0 Å². The number of ketones is 1. The van der Waals surface area contributed by atoms with Crippen LogP contribution in [0.4, 0.5) is 17.6 Å². The van der Waals surface area contributed by atoms with Crippen LogP contribution in [0.15, 0.2) is 18.2 Å². The minimum absolute atomic E-state index is 0.0526. The second kappa shape index (κ2) is 4.05. The summed E-state index contributed by atoms with van der Waals surface area (Å²) < 4.78 is 50.7. The van der Waals surface area contributed by atoms with Gasteiger partial charge >= 0.3 is 6.18 Å². The lowest BCUT2D eigenvalue weighted by Gasteiger charge is -2.12. The second-order valence-electron chi connectivity index (χ2n) is 5.48. The lowest BCUT2D eigenvalue weighted by molar-refractivity contribution is -0.140. The van der Waals surface area contributed by atoms with Crippen LogP contribution in [0.25, 0.3) is 0 Å². The molecule has 0 spiro atoms. The number of fused-ring (bicyclic) bond motifs is 1. The summed E-state index contributed by atoms with van der Waals surface area (Å²) in [5.74, 6) is -0.525. The summed E-state index contributed by atoms with van der Waals surface area (Å²) in [6.07, 6.45) is -1.97. The summed E-state index contributed by atoms with van der Waals surface area (Å²) in [5.41, 5.74) is -1.27. The second-order valence-corrected chi connectivity index (χ2v) is 5.48. The molecule has 102 valence electrons. The Morgan fingerprint density at radius 3 is 2.26 bits per heavy atom. The van der Waals surface area contributed by atoms with Crippen LogP contribution in [-0.2, 0) is 6.18 Å². The fraction of sp³-hybridized carbons (Fsp3) is 0.500. The molecule has 0 saturated heterocycles. The van der Waals surface area contributed by atoms with Crippen molar-refractivity contribution in [2.75, 3.05) is 0 Å². The van der Waals surface area contributed by atoms with Crippen LogP contribution in [0.3, 0.4) is 0 Å². The fourth-order valence-electron chi connectivity index (χ4n) is 3.06. The predicted molar refractivity (Wildman–Crippen MR) is 60.1 cm³/mol. The third-order valence-electron chi connectivity index (χ3n) is 4.17. The minimum Gasteiger partial charge on any atom is -0.294 e. The van der Waals surface area contributed by atoms with E-state index in [9.17, 15) is 22.4 Å². The predicted octanol–water partition coefficient (Wildman–Crippen LogP) is 4.07. The van der Waals surface area contributed by atoms with E-state index >= 15 is 0 Å². The number of carbonyl (C=O) groups is 1. The molecule has 2 aliphatic carbocycles. The summed E-state index contributed by atoms with van der Waals surface area (Å²) in [6.45, 7) is 0. The van der Waals surface area contributed by atoms with Gasteiger partial charge in [-0.2, -0.15) is 13.2 Å². The average Bonchev–Trinajstić information content (AvgIpc) is 2.93. The average molecular weight is 272 g/mol. The molecule has 2 aliphatic rings. The summed E-state index contributed by atoms with van der Waals surface area (Å²) in [6, 6.07) is 2.45. The van der Waals surface area contributed by atoms with E-state index < -0.39 is 17.6 Å². The Kier molecular flexibility index (Phi) is 2.69. The summed E-state index contributed by atoms with van der Waals surface area (Å²) in [5, 5.41) is 0. The van der Waals surface area contributed by atoms with Gasteiger partial charge < -0.3 is 0 Å². The van der Waals surface area contributed by atoms with Crippen molar-refractivity contribution in [2.45, 2.75) is 25.4 Å². The van der Waals surface area contributed by atoms with Gasteiger partial charge in [-0.1, -0.05) is 6.07 Å². The van der Waals surface area contributed by atoms with Gasteiger partial charge in [0.25, 0.3) is 0 Å². The minimum atomic E-state index is -4.72. The number of halogens is 4. The zero-order valence-corrected chi connectivity index (χ0v) is 10.0. The first-order chi connectivity index (χ1) is 8.86. The maximum absolute atomic E-state index is 13.4. The molecule has 0 aliphatic heterocycles. The SMILES string of the molecule is O=C(c1ccc(C(F)(F)F)c(F)c1)C1CC2CC2C1. The van der Waals surface area contributed by atoms with E-state index in [1.54, 1.807) is 0 Å². The van der Waals surface area contributed by atoms with E-state index in [2.05, 4.69) is 0 Å². The molecule has 19 heavy (non-hydrogen) atoms. The van der Waals surface area contributed by atoms with Gasteiger partial charge in [-0.15, -0.1) is 0 Å². The summed E-state index contributed by atoms with van der Waals surface area (Å²) in [4.78, 5) is 12.1. The van der Waals surface area contributed by atoms with Crippen molar-refractivity contribution in [1.29, 1.82) is 0 Å². The van der Waals surface area contributed by atoms with Crippen LogP contribution in [0.2, 0.25) is 0 Å². The molecular weight excluding hydrogens is 260 g/mol. The van der Waals surface area contributed by atoms with E-state index in [4.69, 9.17) is 0 Å². The lowest BCUT2D eigenvalue weighted by atomic mass is 9.92. The molecule has 0 N–H and O–H groups in total. The first kappa shape index (κ1) is 12.6. The van der Waals surface area contributed by atoms with Crippen molar-refractivity contribution < 1.29 is 22.4 Å². The first-order valence-corrected chi connectivity index (χ1v) is 6.27. The fourth-order valence-corrected chi connectivity index (χ4v) is 3.06. The largest absolute Gasteiger partial charge is 0.419 e. The number of alkyl halides is 3. The maximum Gasteiger partial charge on any atom is 0.419 e. The van der Waals surface area contributed by atoms with Crippen LogP contribution >= 0.6 is 0 Å². The van der Waals surface area contributed by atoms with Crippen LogP contribution in [-0.4, -0.2) is 5.78 Å². The van der Waals surface area contributed by atoms with Crippen molar-refractivity contribution in [1.82, 2.24) is 0 Å². The zero-order chi connectivity index (χ0) is 13.8. The summed E-state index contributed by atoms with van der Waals surface area (Å²) >= 11 is 0. The Hall–Kier alpha value is -1.39. The van der Waals surface area contributed by atoms with Gasteiger partial charge in [0.05, 0.1) is 5.56 Å². The molecule has 1 aromatic rings. The monoisotopic (exact) mass is 272 g/mol. The Morgan fingerprint density at radius 2 is 1.74 bits per heavy atom. The molecule has 0 amide bonds. The molecule has 3 rings (SSSR count). The van der Waals surface area contributed by atoms with Crippen molar-refractivity contribution in [3.8, 4) is 0 Å². The number of Topliss-reactive ketones (excluding diaryl/α,β-unsaturated/α-hetero) is 1. The Morgan fingerprint density at radius 1 is 1.11 bits per heavy atom. The quantitative estimate of drug-likeness (QED) is 0.586. The molecule has 1 nitrogen and oxygen atoms in total. The molecule has 0 heterocycles. The van der Waals surface area contributed by atoms with E-state index in [0.717, 1.165) is 31.4 Å². The third-order valence-corrected chi connectivity index (χ3v) is 4.17. The molecule has 0 aromatic heterocycles. The number of hydrogen-bond donors (Lipinski definition) is 0. The van der Waals surface area contributed by atoms with Gasteiger partial charge in [-0.25, -0.2) is 4.39 Å². The molecular formula is C14H12F4O. The standard InChI is InChI=1S/C14H12F4O/c15-12-6-7(1-2-11(12)14(16,17)18)13(19)10-4-8-3-9(8)5-10/h1-2,6,8-10H,3-5H2. The molecule has 0 bridgehead atoms. The van der Waals surface area contributed by atoms with Crippen LogP contribution in [0.1, 0.15) is 35.2 Å². The maximum atomic E-state index is 13.4. The van der Waals surface area contributed by atoms with Crippen LogP contribution in [0, 0.1) is 23.6 Å².